The molecule has 0 radical (unpaired) electrons. The summed E-state index contributed by atoms with van der Waals surface area (Å²) in [6.07, 6.45) is 13.6. The van der Waals surface area contributed by atoms with Crippen molar-refractivity contribution in [1.82, 2.24) is 10.3 Å². The van der Waals surface area contributed by atoms with Crippen molar-refractivity contribution in [1.29, 1.82) is 0 Å². The fourth-order valence-electron chi connectivity index (χ4n) is 7.19. The first-order valence-electron chi connectivity index (χ1n) is 14.3. The normalized spacial score (nSPS) is 30.2. The Kier molecular flexibility index (Phi) is 7.77. The van der Waals surface area contributed by atoms with Crippen molar-refractivity contribution in [2.45, 2.75) is 62.8 Å². The van der Waals surface area contributed by atoms with E-state index in [1.54, 1.807) is 24.2 Å². The SMILES string of the molecule is CC1CCC2CC(NC(=O)C3=C(Sc4ccccc4)C(OCCc4ccncc4)=CCCO3)C3CC(C1)C23. The van der Waals surface area contributed by atoms with Gasteiger partial charge in [-0.05, 0) is 91.2 Å². The predicted octanol–water partition coefficient (Wildman–Crippen LogP) is 6.53. The van der Waals surface area contributed by atoms with Gasteiger partial charge in [-0.1, -0.05) is 43.3 Å². The summed E-state index contributed by atoms with van der Waals surface area (Å²) < 4.78 is 12.5. The molecule has 2 heterocycles. The largest absolute Gasteiger partial charge is 0.492 e. The number of pyridine rings is 1. The Morgan fingerprint density at radius 3 is 2.76 bits per heavy atom. The summed E-state index contributed by atoms with van der Waals surface area (Å²) in [4.78, 5) is 19.8. The molecule has 6 rings (SSSR count). The molecule has 5 nitrogen and oxygen atoms in total. The lowest BCUT2D eigenvalue weighted by atomic mass is 9.62. The first kappa shape index (κ1) is 25.5. The summed E-state index contributed by atoms with van der Waals surface area (Å²) in [6.45, 7) is 3.41. The molecule has 0 bridgehead atoms. The van der Waals surface area contributed by atoms with Gasteiger partial charge in [0.05, 0.1) is 13.2 Å². The highest BCUT2D eigenvalue weighted by Gasteiger charge is 2.55. The lowest BCUT2D eigenvalue weighted by Gasteiger charge is -2.44. The van der Waals surface area contributed by atoms with Crippen LogP contribution in [-0.2, 0) is 20.7 Å². The minimum absolute atomic E-state index is 0.0905. The van der Waals surface area contributed by atoms with Crippen molar-refractivity contribution < 1.29 is 14.3 Å². The summed E-state index contributed by atoms with van der Waals surface area (Å²) in [6, 6.07) is 14.4. The van der Waals surface area contributed by atoms with Crippen molar-refractivity contribution in [3.8, 4) is 0 Å². The van der Waals surface area contributed by atoms with E-state index >= 15 is 0 Å². The molecule has 6 heteroatoms. The second-order valence-corrected chi connectivity index (χ2v) is 12.5. The zero-order valence-corrected chi connectivity index (χ0v) is 23.0. The van der Waals surface area contributed by atoms with Crippen molar-refractivity contribution in [2.24, 2.45) is 29.6 Å². The molecule has 6 unspecified atom stereocenters. The topological polar surface area (TPSA) is 60.5 Å². The molecular weight excluding hydrogens is 492 g/mol. The third-order valence-corrected chi connectivity index (χ3v) is 10.1. The van der Waals surface area contributed by atoms with Gasteiger partial charge < -0.3 is 14.8 Å². The number of amides is 1. The van der Waals surface area contributed by atoms with E-state index in [9.17, 15) is 4.79 Å². The van der Waals surface area contributed by atoms with Gasteiger partial charge in [0.25, 0.3) is 5.91 Å². The van der Waals surface area contributed by atoms with Crippen LogP contribution in [0.4, 0.5) is 0 Å². The van der Waals surface area contributed by atoms with Crippen molar-refractivity contribution in [3.63, 3.8) is 0 Å². The molecule has 4 aliphatic rings. The van der Waals surface area contributed by atoms with E-state index in [1.807, 2.05) is 30.3 Å². The second kappa shape index (κ2) is 11.6. The van der Waals surface area contributed by atoms with Crippen LogP contribution in [0.2, 0.25) is 0 Å². The monoisotopic (exact) mass is 530 g/mol. The molecule has 3 aliphatic carbocycles. The molecule has 3 saturated carbocycles. The van der Waals surface area contributed by atoms with E-state index in [4.69, 9.17) is 9.47 Å². The zero-order valence-electron chi connectivity index (χ0n) is 22.2. The molecule has 38 heavy (non-hydrogen) atoms. The smallest absolute Gasteiger partial charge is 0.287 e. The number of ether oxygens (including phenoxy) is 2. The summed E-state index contributed by atoms with van der Waals surface area (Å²) in [5.74, 6) is 4.97. The van der Waals surface area contributed by atoms with Crippen LogP contribution >= 0.6 is 11.8 Å². The first-order chi connectivity index (χ1) is 18.7. The van der Waals surface area contributed by atoms with Gasteiger partial charge in [0.15, 0.2) is 0 Å². The number of carbonyl (C=O) groups excluding carboxylic acids is 1. The molecule has 1 aliphatic heterocycles. The molecule has 2 aromatic rings. The fourth-order valence-corrected chi connectivity index (χ4v) is 8.20. The van der Waals surface area contributed by atoms with Gasteiger partial charge in [-0.2, -0.15) is 0 Å². The average Bonchev–Trinajstić information content (AvgIpc) is 3.00. The zero-order chi connectivity index (χ0) is 25.9. The van der Waals surface area contributed by atoms with Gasteiger partial charge in [0.1, 0.15) is 10.7 Å². The maximum absolute atomic E-state index is 13.8. The molecule has 0 spiro atoms. The Morgan fingerprint density at radius 2 is 1.92 bits per heavy atom. The van der Waals surface area contributed by atoms with Crippen molar-refractivity contribution >= 4 is 17.7 Å². The maximum Gasteiger partial charge on any atom is 0.287 e. The number of carbonyl (C=O) groups is 1. The lowest BCUT2D eigenvalue weighted by molar-refractivity contribution is -0.122. The number of nitrogens with zero attached hydrogens (tertiary/aromatic N) is 1. The number of nitrogens with one attached hydrogen (secondary N) is 1. The van der Waals surface area contributed by atoms with Crippen molar-refractivity contribution in [2.75, 3.05) is 13.2 Å². The van der Waals surface area contributed by atoms with E-state index in [1.165, 1.54) is 31.2 Å². The molecule has 6 atom stereocenters. The molecule has 1 amide bonds. The quantitative estimate of drug-likeness (QED) is 0.421. The van der Waals surface area contributed by atoms with Crippen molar-refractivity contribution in [3.05, 3.63) is 82.9 Å². The number of thioether (sulfide) groups is 1. The van der Waals surface area contributed by atoms with Crippen LogP contribution in [0, 0.1) is 29.6 Å². The summed E-state index contributed by atoms with van der Waals surface area (Å²) in [5.41, 5.74) is 1.18. The number of rotatable bonds is 8. The summed E-state index contributed by atoms with van der Waals surface area (Å²) in [5, 5.41) is 3.45. The van der Waals surface area contributed by atoms with E-state index < -0.39 is 0 Å². The molecule has 1 aromatic carbocycles. The highest BCUT2D eigenvalue weighted by molar-refractivity contribution is 8.03. The van der Waals surface area contributed by atoms with Crippen LogP contribution < -0.4 is 5.32 Å². The number of aromatic nitrogens is 1. The highest BCUT2D eigenvalue weighted by atomic mass is 32.2. The number of hydrogen-bond acceptors (Lipinski definition) is 5. The predicted molar refractivity (Wildman–Crippen MR) is 150 cm³/mol. The minimum Gasteiger partial charge on any atom is -0.492 e. The Morgan fingerprint density at radius 1 is 1.08 bits per heavy atom. The lowest BCUT2D eigenvalue weighted by Crippen LogP contribution is -2.46. The molecule has 1 aromatic heterocycles. The third kappa shape index (κ3) is 5.51. The van der Waals surface area contributed by atoms with Gasteiger partial charge in [0.2, 0.25) is 5.76 Å². The van der Waals surface area contributed by atoms with E-state index in [0.717, 1.165) is 52.1 Å². The summed E-state index contributed by atoms with van der Waals surface area (Å²) >= 11 is 1.55. The number of benzene rings is 1. The Bertz CT molecular complexity index is 1180. The van der Waals surface area contributed by atoms with Crippen LogP contribution in [0.1, 0.15) is 51.0 Å². The standard InChI is InChI=1S/C32H38N2O3S/c1-21-9-10-23-20-27(26-19-24(18-21)29(23)26)34-32(35)30-31(38-25-6-3-2-4-7-25)28(8-5-16-37-30)36-17-13-22-11-14-33-15-12-22/h2-4,6-8,11-12,14-15,21,23-24,26-27,29H,5,9-10,13,16-20H2,1H3,(H,34,35). The molecule has 0 saturated heterocycles. The van der Waals surface area contributed by atoms with Gasteiger partial charge in [0, 0.05) is 36.2 Å². The van der Waals surface area contributed by atoms with E-state index in [-0.39, 0.29) is 11.9 Å². The Labute approximate surface area is 230 Å². The molecule has 200 valence electrons. The second-order valence-electron chi connectivity index (χ2n) is 11.5. The number of hydrogen-bond donors (Lipinski definition) is 1. The average molecular weight is 531 g/mol. The first-order valence-corrected chi connectivity index (χ1v) is 15.1. The molecular formula is C32H38N2O3S. The van der Waals surface area contributed by atoms with E-state index in [2.05, 4.69) is 35.4 Å². The van der Waals surface area contributed by atoms with Gasteiger partial charge >= 0.3 is 0 Å². The van der Waals surface area contributed by atoms with Crippen LogP contribution in [0.25, 0.3) is 0 Å². The van der Waals surface area contributed by atoms with Crippen LogP contribution in [0.5, 0.6) is 0 Å². The maximum atomic E-state index is 13.8. The molecule has 3 fully saturated rings. The highest BCUT2D eigenvalue weighted by Crippen LogP contribution is 2.59. The fraction of sp³-hybridized carbons (Fsp3) is 0.500. The van der Waals surface area contributed by atoms with Crippen LogP contribution in [0.3, 0.4) is 0 Å². The minimum atomic E-state index is -0.0905. The third-order valence-electron chi connectivity index (χ3n) is 8.97. The van der Waals surface area contributed by atoms with Crippen LogP contribution in [-0.4, -0.2) is 30.1 Å². The molecule has 1 N–H and O–H groups in total. The van der Waals surface area contributed by atoms with E-state index in [0.29, 0.717) is 31.3 Å². The summed E-state index contributed by atoms with van der Waals surface area (Å²) in [7, 11) is 0. The van der Waals surface area contributed by atoms with Gasteiger partial charge in [-0.25, -0.2) is 0 Å². The Balaban J connectivity index is 1.20. The van der Waals surface area contributed by atoms with Gasteiger partial charge in [-0.3, -0.25) is 9.78 Å². The van der Waals surface area contributed by atoms with Gasteiger partial charge in [-0.15, -0.1) is 0 Å². The Hall–Kier alpha value is -2.73. The van der Waals surface area contributed by atoms with Crippen LogP contribution in [0.15, 0.2) is 82.3 Å².